The summed E-state index contributed by atoms with van der Waals surface area (Å²) in [6.45, 7) is 1.84. The zero-order valence-corrected chi connectivity index (χ0v) is 7.19. The summed E-state index contributed by atoms with van der Waals surface area (Å²) in [4.78, 5) is 21.1. The van der Waals surface area contributed by atoms with E-state index in [0.717, 1.165) is 0 Å². The third-order valence-corrected chi connectivity index (χ3v) is 1.84. The van der Waals surface area contributed by atoms with Gasteiger partial charge in [-0.1, -0.05) is 6.92 Å². The van der Waals surface area contributed by atoms with Crippen molar-refractivity contribution in [2.45, 2.75) is 19.3 Å². The molecule has 0 spiro atoms. The average Bonchev–Trinajstić information content (AvgIpc) is 2.53. The SMILES string of the molecule is CCc1occc1C(C=O)C(=O)O. The number of furan rings is 1. The lowest BCUT2D eigenvalue weighted by Crippen LogP contribution is -2.13. The molecule has 1 aromatic heterocycles. The van der Waals surface area contributed by atoms with Crippen molar-refractivity contribution < 1.29 is 19.1 Å². The molecule has 1 heterocycles. The molecule has 0 saturated carbocycles. The van der Waals surface area contributed by atoms with Crippen LogP contribution in [0.1, 0.15) is 24.2 Å². The normalized spacial score (nSPS) is 12.4. The van der Waals surface area contributed by atoms with E-state index in [9.17, 15) is 9.59 Å². The molecule has 4 heteroatoms. The van der Waals surface area contributed by atoms with Crippen LogP contribution in [0.4, 0.5) is 0 Å². The second-order valence-electron chi connectivity index (χ2n) is 2.60. The Morgan fingerprint density at radius 3 is 2.92 bits per heavy atom. The Balaban J connectivity index is 3.03. The molecule has 0 fully saturated rings. The van der Waals surface area contributed by atoms with Crippen LogP contribution in [0.2, 0.25) is 0 Å². The molecule has 1 unspecified atom stereocenters. The lowest BCUT2D eigenvalue weighted by Gasteiger charge is -2.03. The first-order chi connectivity index (χ1) is 6.20. The average molecular weight is 182 g/mol. The van der Waals surface area contributed by atoms with Gasteiger partial charge in [-0.25, -0.2) is 0 Å². The Morgan fingerprint density at radius 2 is 2.46 bits per heavy atom. The van der Waals surface area contributed by atoms with E-state index in [4.69, 9.17) is 9.52 Å². The van der Waals surface area contributed by atoms with E-state index in [2.05, 4.69) is 0 Å². The zero-order valence-electron chi connectivity index (χ0n) is 7.19. The summed E-state index contributed by atoms with van der Waals surface area (Å²) < 4.78 is 5.02. The molecule has 1 aromatic rings. The van der Waals surface area contributed by atoms with E-state index in [1.54, 1.807) is 0 Å². The van der Waals surface area contributed by atoms with Crippen molar-refractivity contribution in [2.24, 2.45) is 0 Å². The molecule has 0 radical (unpaired) electrons. The number of hydrogen-bond acceptors (Lipinski definition) is 3. The van der Waals surface area contributed by atoms with E-state index in [1.165, 1.54) is 12.3 Å². The maximum Gasteiger partial charge on any atom is 0.318 e. The highest BCUT2D eigenvalue weighted by molar-refractivity contribution is 5.93. The first kappa shape index (κ1) is 9.51. The van der Waals surface area contributed by atoms with Gasteiger partial charge < -0.3 is 14.3 Å². The molecule has 4 nitrogen and oxygen atoms in total. The quantitative estimate of drug-likeness (QED) is 0.561. The standard InChI is InChI=1S/C9H10O4/c1-2-8-6(3-4-13-8)7(5-10)9(11)12/h3-5,7H,2H2,1H3,(H,11,12). The molecular weight excluding hydrogens is 172 g/mol. The van der Waals surface area contributed by atoms with E-state index in [1.807, 2.05) is 6.92 Å². The number of rotatable bonds is 4. The van der Waals surface area contributed by atoms with Crippen LogP contribution in [-0.2, 0) is 16.0 Å². The molecule has 0 bridgehead atoms. The number of carboxylic acids is 1. The fourth-order valence-corrected chi connectivity index (χ4v) is 1.18. The largest absolute Gasteiger partial charge is 0.480 e. The van der Waals surface area contributed by atoms with Gasteiger partial charge in [0.15, 0.2) is 0 Å². The maximum atomic E-state index is 10.6. The Morgan fingerprint density at radius 1 is 1.77 bits per heavy atom. The van der Waals surface area contributed by atoms with Crippen LogP contribution >= 0.6 is 0 Å². The molecule has 1 N–H and O–H groups in total. The Bertz CT molecular complexity index is 313. The van der Waals surface area contributed by atoms with Crippen LogP contribution in [0, 0.1) is 0 Å². The highest BCUT2D eigenvalue weighted by Gasteiger charge is 2.22. The summed E-state index contributed by atoms with van der Waals surface area (Å²) in [5.41, 5.74) is 0.449. The molecule has 1 atom stereocenters. The van der Waals surface area contributed by atoms with Crippen LogP contribution < -0.4 is 0 Å². The molecule has 0 aliphatic heterocycles. The summed E-state index contributed by atoms with van der Waals surface area (Å²) >= 11 is 0. The zero-order chi connectivity index (χ0) is 9.84. The van der Waals surface area contributed by atoms with Gasteiger partial charge in [-0.15, -0.1) is 0 Å². The lowest BCUT2D eigenvalue weighted by molar-refractivity contribution is -0.140. The van der Waals surface area contributed by atoms with Gasteiger partial charge in [0, 0.05) is 12.0 Å². The Kier molecular flexibility index (Phi) is 2.84. The molecule has 70 valence electrons. The number of aliphatic carboxylic acids is 1. The predicted molar refractivity (Wildman–Crippen MR) is 44.5 cm³/mol. The molecule has 0 aliphatic rings. The van der Waals surface area contributed by atoms with Gasteiger partial charge >= 0.3 is 5.97 Å². The molecule has 0 saturated heterocycles. The van der Waals surface area contributed by atoms with E-state index in [-0.39, 0.29) is 0 Å². The summed E-state index contributed by atoms with van der Waals surface area (Å²) in [7, 11) is 0. The third kappa shape index (κ3) is 1.77. The minimum atomic E-state index is -1.15. The second-order valence-corrected chi connectivity index (χ2v) is 2.60. The topological polar surface area (TPSA) is 67.5 Å². The number of carboxylic acid groups (broad SMARTS) is 1. The van der Waals surface area contributed by atoms with Crippen molar-refractivity contribution in [3.8, 4) is 0 Å². The smallest absolute Gasteiger partial charge is 0.318 e. The van der Waals surface area contributed by atoms with Crippen molar-refractivity contribution in [3.05, 3.63) is 23.7 Å². The van der Waals surface area contributed by atoms with Crippen LogP contribution in [0.5, 0.6) is 0 Å². The monoisotopic (exact) mass is 182 g/mol. The maximum absolute atomic E-state index is 10.6. The fraction of sp³-hybridized carbons (Fsp3) is 0.333. The van der Waals surface area contributed by atoms with E-state index in [0.29, 0.717) is 24.0 Å². The van der Waals surface area contributed by atoms with Gasteiger partial charge in [0.1, 0.15) is 18.0 Å². The number of carbonyl (C=O) groups excluding carboxylic acids is 1. The minimum absolute atomic E-state index is 0.409. The minimum Gasteiger partial charge on any atom is -0.480 e. The number of hydrogen-bond donors (Lipinski definition) is 1. The van der Waals surface area contributed by atoms with Crippen LogP contribution in [-0.4, -0.2) is 17.4 Å². The summed E-state index contributed by atoms with van der Waals surface area (Å²) in [5.74, 6) is -1.70. The van der Waals surface area contributed by atoms with Gasteiger partial charge in [-0.05, 0) is 6.07 Å². The molecular formula is C9H10O4. The van der Waals surface area contributed by atoms with Gasteiger partial charge in [0.25, 0.3) is 0 Å². The third-order valence-electron chi connectivity index (χ3n) is 1.84. The van der Waals surface area contributed by atoms with Crippen LogP contribution in [0.3, 0.4) is 0 Å². The van der Waals surface area contributed by atoms with Crippen molar-refractivity contribution in [1.29, 1.82) is 0 Å². The van der Waals surface area contributed by atoms with Crippen LogP contribution in [0.15, 0.2) is 16.7 Å². The first-order valence-electron chi connectivity index (χ1n) is 3.95. The Hall–Kier alpha value is -1.58. The second kappa shape index (κ2) is 3.89. The number of aryl methyl sites for hydroxylation is 1. The van der Waals surface area contributed by atoms with E-state index >= 15 is 0 Å². The van der Waals surface area contributed by atoms with Gasteiger partial charge in [0.05, 0.1) is 6.26 Å². The first-order valence-corrected chi connectivity index (χ1v) is 3.95. The molecule has 0 aliphatic carbocycles. The number of carbonyl (C=O) groups is 2. The highest BCUT2D eigenvalue weighted by atomic mass is 16.4. The van der Waals surface area contributed by atoms with Crippen LogP contribution in [0.25, 0.3) is 0 Å². The molecule has 13 heavy (non-hydrogen) atoms. The van der Waals surface area contributed by atoms with E-state index < -0.39 is 11.9 Å². The van der Waals surface area contributed by atoms with Crippen molar-refractivity contribution in [2.75, 3.05) is 0 Å². The number of aldehydes is 1. The van der Waals surface area contributed by atoms with Crippen molar-refractivity contribution >= 4 is 12.3 Å². The summed E-state index contributed by atoms with van der Waals surface area (Å²) in [6.07, 6.45) is 2.39. The van der Waals surface area contributed by atoms with Gasteiger partial charge in [-0.2, -0.15) is 0 Å². The molecule has 0 aromatic carbocycles. The highest BCUT2D eigenvalue weighted by Crippen LogP contribution is 2.20. The van der Waals surface area contributed by atoms with Gasteiger partial charge in [-0.3, -0.25) is 4.79 Å². The van der Waals surface area contributed by atoms with Crippen molar-refractivity contribution in [3.63, 3.8) is 0 Å². The lowest BCUT2D eigenvalue weighted by atomic mass is 10.0. The molecule has 0 amide bonds. The Labute approximate surface area is 75.2 Å². The fourth-order valence-electron chi connectivity index (χ4n) is 1.18. The van der Waals surface area contributed by atoms with Gasteiger partial charge in [0.2, 0.25) is 0 Å². The molecule has 1 rings (SSSR count). The predicted octanol–water partition coefficient (Wildman–Crippen LogP) is 1.21. The summed E-state index contributed by atoms with van der Waals surface area (Å²) in [6, 6.07) is 1.52. The van der Waals surface area contributed by atoms with Crippen molar-refractivity contribution in [1.82, 2.24) is 0 Å². The summed E-state index contributed by atoms with van der Waals surface area (Å²) in [5, 5.41) is 8.69.